The van der Waals surface area contributed by atoms with Crippen molar-refractivity contribution in [2.75, 3.05) is 18.1 Å². The van der Waals surface area contributed by atoms with Gasteiger partial charge in [-0.2, -0.15) is 0 Å². The SMILES string of the molecule is O=S1(=O)CCC(S(=O)(=O)NCC(Br)C2CC2)CC1. The Morgan fingerprint density at radius 2 is 1.72 bits per heavy atom. The number of hydrogen-bond acceptors (Lipinski definition) is 4. The predicted molar refractivity (Wildman–Crippen MR) is 74.0 cm³/mol. The van der Waals surface area contributed by atoms with Gasteiger partial charge in [0.2, 0.25) is 10.0 Å². The number of alkyl halides is 1. The van der Waals surface area contributed by atoms with Crippen LogP contribution in [-0.4, -0.2) is 45.0 Å². The molecule has 0 aromatic heterocycles. The first-order valence-corrected chi connectivity index (χ1v) is 10.4. The van der Waals surface area contributed by atoms with Gasteiger partial charge in [0.15, 0.2) is 0 Å². The van der Waals surface area contributed by atoms with Crippen molar-refractivity contribution < 1.29 is 16.8 Å². The topological polar surface area (TPSA) is 80.3 Å². The monoisotopic (exact) mass is 359 g/mol. The average Bonchev–Trinajstić information content (AvgIpc) is 3.09. The van der Waals surface area contributed by atoms with Crippen LogP contribution in [0.15, 0.2) is 0 Å². The van der Waals surface area contributed by atoms with Crippen molar-refractivity contribution >= 4 is 35.8 Å². The van der Waals surface area contributed by atoms with Gasteiger partial charge in [0.05, 0.1) is 16.8 Å². The molecule has 1 aliphatic carbocycles. The number of sulfonamides is 1. The molecule has 1 aliphatic heterocycles. The van der Waals surface area contributed by atoms with Gasteiger partial charge in [-0.05, 0) is 31.6 Å². The molecule has 1 heterocycles. The van der Waals surface area contributed by atoms with E-state index in [2.05, 4.69) is 20.7 Å². The molecule has 18 heavy (non-hydrogen) atoms. The molecule has 2 rings (SSSR count). The van der Waals surface area contributed by atoms with Crippen LogP contribution in [0.4, 0.5) is 0 Å². The minimum absolute atomic E-state index is 0.0149. The lowest BCUT2D eigenvalue weighted by Crippen LogP contribution is -2.41. The first-order chi connectivity index (χ1) is 8.30. The van der Waals surface area contributed by atoms with Crippen LogP contribution in [0.25, 0.3) is 0 Å². The van der Waals surface area contributed by atoms with Gasteiger partial charge in [0, 0.05) is 11.4 Å². The van der Waals surface area contributed by atoms with E-state index in [0.29, 0.717) is 12.5 Å². The van der Waals surface area contributed by atoms with Gasteiger partial charge >= 0.3 is 0 Å². The van der Waals surface area contributed by atoms with Crippen molar-refractivity contribution in [2.45, 2.75) is 35.8 Å². The molecule has 1 unspecified atom stereocenters. The van der Waals surface area contributed by atoms with Gasteiger partial charge in [0.1, 0.15) is 9.84 Å². The second kappa shape index (κ2) is 5.38. The molecule has 0 amide bonds. The lowest BCUT2D eigenvalue weighted by atomic mass is 10.2. The lowest BCUT2D eigenvalue weighted by Gasteiger charge is -2.23. The van der Waals surface area contributed by atoms with Gasteiger partial charge < -0.3 is 0 Å². The van der Waals surface area contributed by atoms with Crippen molar-refractivity contribution in [3.63, 3.8) is 0 Å². The van der Waals surface area contributed by atoms with Gasteiger partial charge in [-0.1, -0.05) is 15.9 Å². The fraction of sp³-hybridized carbons (Fsp3) is 1.00. The molecule has 1 atom stereocenters. The third-order valence-corrected chi connectivity index (χ3v) is 8.26. The number of sulfone groups is 1. The maximum Gasteiger partial charge on any atom is 0.214 e. The maximum atomic E-state index is 12.0. The molecule has 0 spiro atoms. The van der Waals surface area contributed by atoms with Crippen molar-refractivity contribution in [3.8, 4) is 0 Å². The third kappa shape index (κ3) is 3.91. The van der Waals surface area contributed by atoms with Crippen molar-refractivity contribution in [1.82, 2.24) is 4.72 Å². The highest BCUT2D eigenvalue weighted by Gasteiger charge is 2.34. The third-order valence-electron chi connectivity index (χ3n) is 3.55. The summed E-state index contributed by atoms with van der Waals surface area (Å²) < 4.78 is 49.2. The summed E-state index contributed by atoms with van der Waals surface area (Å²) in [5, 5.41) is -0.556. The minimum Gasteiger partial charge on any atom is -0.229 e. The molecule has 1 N–H and O–H groups in total. The maximum absolute atomic E-state index is 12.0. The summed E-state index contributed by atoms with van der Waals surface area (Å²) >= 11 is 3.48. The number of rotatable bonds is 5. The van der Waals surface area contributed by atoms with Gasteiger partial charge in [-0.15, -0.1) is 0 Å². The van der Waals surface area contributed by atoms with Gasteiger partial charge in [-0.3, -0.25) is 0 Å². The van der Waals surface area contributed by atoms with E-state index in [1.807, 2.05) is 0 Å². The molecule has 5 nitrogen and oxygen atoms in total. The van der Waals surface area contributed by atoms with Crippen LogP contribution in [0.2, 0.25) is 0 Å². The Morgan fingerprint density at radius 1 is 1.17 bits per heavy atom. The highest BCUT2D eigenvalue weighted by molar-refractivity contribution is 9.09. The number of nitrogens with one attached hydrogen (secondary N) is 1. The fourth-order valence-electron chi connectivity index (χ4n) is 2.12. The standard InChI is InChI=1S/C10H18BrNO4S2/c11-10(8-1-2-8)7-12-18(15,16)9-3-5-17(13,14)6-4-9/h8-10,12H,1-7H2. The normalized spacial score (nSPS) is 26.9. The van der Waals surface area contributed by atoms with E-state index >= 15 is 0 Å². The molecular formula is C10H18BrNO4S2. The van der Waals surface area contributed by atoms with Crippen molar-refractivity contribution in [2.24, 2.45) is 5.92 Å². The zero-order valence-electron chi connectivity index (χ0n) is 10.0. The van der Waals surface area contributed by atoms with E-state index < -0.39 is 25.1 Å². The summed E-state index contributed by atoms with van der Waals surface area (Å²) in [6.45, 7) is 0.399. The molecule has 1 saturated heterocycles. The molecular weight excluding hydrogens is 342 g/mol. The molecule has 0 aromatic rings. The Hall–Kier alpha value is 0.340. The smallest absolute Gasteiger partial charge is 0.214 e. The summed E-state index contributed by atoms with van der Waals surface area (Å²) in [5.74, 6) is 0.553. The summed E-state index contributed by atoms with van der Waals surface area (Å²) in [5.41, 5.74) is 0. The van der Waals surface area contributed by atoms with Crippen molar-refractivity contribution in [3.05, 3.63) is 0 Å². The average molecular weight is 360 g/mol. The number of hydrogen-bond donors (Lipinski definition) is 1. The van der Waals surface area contributed by atoms with E-state index in [4.69, 9.17) is 0 Å². The Balaban J connectivity index is 1.86. The molecule has 106 valence electrons. The first kappa shape index (κ1) is 14.7. The van der Waals surface area contributed by atoms with Crippen LogP contribution >= 0.6 is 15.9 Å². The highest BCUT2D eigenvalue weighted by atomic mass is 79.9. The van der Waals surface area contributed by atoms with E-state index in [9.17, 15) is 16.8 Å². The lowest BCUT2D eigenvalue weighted by molar-refractivity contribution is 0.540. The second-order valence-corrected chi connectivity index (χ2v) is 10.6. The van der Waals surface area contributed by atoms with Gasteiger partial charge in [-0.25, -0.2) is 21.6 Å². The molecule has 1 saturated carbocycles. The summed E-state index contributed by atoms with van der Waals surface area (Å²) in [6, 6.07) is 0. The van der Waals surface area contributed by atoms with Crippen LogP contribution in [-0.2, 0) is 19.9 Å². The first-order valence-electron chi connectivity index (χ1n) is 6.13. The van der Waals surface area contributed by atoms with E-state index in [0.717, 1.165) is 12.8 Å². The number of halogens is 1. The zero-order chi connectivity index (χ0) is 13.4. The van der Waals surface area contributed by atoms with Crippen LogP contribution < -0.4 is 4.72 Å². The van der Waals surface area contributed by atoms with E-state index in [1.165, 1.54) is 0 Å². The quantitative estimate of drug-likeness (QED) is 0.731. The molecule has 2 fully saturated rings. The largest absolute Gasteiger partial charge is 0.229 e. The highest BCUT2D eigenvalue weighted by Crippen LogP contribution is 2.36. The van der Waals surface area contributed by atoms with E-state index in [1.54, 1.807) is 0 Å². The molecule has 0 radical (unpaired) electrons. The second-order valence-electron chi connectivity index (χ2n) is 5.10. The summed E-state index contributed by atoms with van der Waals surface area (Å²) in [7, 11) is -6.39. The van der Waals surface area contributed by atoms with Crippen LogP contribution in [0, 0.1) is 5.92 Å². The van der Waals surface area contributed by atoms with Crippen molar-refractivity contribution in [1.29, 1.82) is 0 Å². The Kier molecular flexibility index (Phi) is 4.40. The predicted octanol–water partition coefficient (Wildman–Crippen LogP) is 0.657. The fourth-order valence-corrected chi connectivity index (χ4v) is 6.32. The summed E-state index contributed by atoms with van der Waals surface area (Å²) in [6.07, 6.45) is 2.74. The Labute approximate surface area is 117 Å². The van der Waals surface area contributed by atoms with Crippen LogP contribution in [0.1, 0.15) is 25.7 Å². The van der Waals surface area contributed by atoms with Gasteiger partial charge in [0.25, 0.3) is 0 Å². The van der Waals surface area contributed by atoms with Crippen LogP contribution in [0.3, 0.4) is 0 Å². The zero-order valence-corrected chi connectivity index (χ0v) is 13.2. The molecule has 8 heteroatoms. The van der Waals surface area contributed by atoms with E-state index in [-0.39, 0.29) is 29.2 Å². The molecule has 0 bridgehead atoms. The minimum atomic E-state index is -3.38. The Bertz CT molecular complexity index is 484. The summed E-state index contributed by atoms with van der Waals surface area (Å²) in [4.78, 5) is 0.194. The Morgan fingerprint density at radius 3 is 2.22 bits per heavy atom. The van der Waals surface area contributed by atoms with Crippen LogP contribution in [0.5, 0.6) is 0 Å². The molecule has 0 aromatic carbocycles. The molecule has 2 aliphatic rings.